The van der Waals surface area contributed by atoms with Crippen LogP contribution >= 0.6 is 0 Å². The van der Waals surface area contributed by atoms with E-state index < -0.39 is 0 Å². The molecule has 0 aliphatic heterocycles. The van der Waals surface area contributed by atoms with E-state index in [4.69, 9.17) is 0 Å². The Morgan fingerprint density at radius 1 is 1.40 bits per heavy atom. The van der Waals surface area contributed by atoms with Gasteiger partial charge in [0.05, 0.1) is 5.71 Å². The third kappa shape index (κ3) is 2.74. The Balaban J connectivity index is 1.66. The molecule has 3 rings (SSSR count). The third-order valence-corrected chi connectivity index (χ3v) is 3.27. The van der Waals surface area contributed by atoms with Gasteiger partial charge in [-0.1, -0.05) is 0 Å². The summed E-state index contributed by atoms with van der Waals surface area (Å²) in [6.07, 6.45) is 5.71. The molecule has 1 aliphatic rings. The molecule has 2 heterocycles. The summed E-state index contributed by atoms with van der Waals surface area (Å²) in [7, 11) is 0. The number of H-pyrrole nitrogens is 1. The van der Waals surface area contributed by atoms with Gasteiger partial charge >= 0.3 is 0 Å². The number of aromatic nitrogens is 3. The molecule has 2 aromatic rings. The van der Waals surface area contributed by atoms with Gasteiger partial charge < -0.3 is 0 Å². The summed E-state index contributed by atoms with van der Waals surface area (Å²) in [6, 6.07) is 5.47. The Kier molecular flexibility index (Phi) is 3.28. The highest BCUT2D eigenvalue weighted by molar-refractivity contribution is 6.00. The van der Waals surface area contributed by atoms with E-state index in [1.807, 2.05) is 19.1 Å². The van der Waals surface area contributed by atoms with Gasteiger partial charge in [-0.3, -0.25) is 14.9 Å². The lowest BCUT2D eigenvalue weighted by molar-refractivity contribution is 0.0950. The fourth-order valence-electron chi connectivity index (χ4n) is 1.91. The molecule has 2 N–H and O–H groups in total. The SMILES string of the molecule is C/C(=N/NC(=O)c1cc(C2CC2)[nH]n1)c1ccncc1. The van der Waals surface area contributed by atoms with E-state index in [0.717, 1.165) is 17.0 Å². The minimum atomic E-state index is -0.304. The highest BCUT2D eigenvalue weighted by atomic mass is 16.2. The molecule has 20 heavy (non-hydrogen) atoms. The first-order chi connectivity index (χ1) is 9.74. The molecule has 1 aliphatic carbocycles. The highest BCUT2D eigenvalue weighted by Gasteiger charge is 2.26. The molecule has 0 radical (unpaired) electrons. The van der Waals surface area contributed by atoms with Crippen LogP contribution in [-0.2, 0) is 0 Å². The van der Waals surface area contributed by atoms with Crippen molar-refractivity contribution in [2.45, 2.75) is 25.7 Å². The molecule has 2 aromatic heterocycles. The molecule has 1 fully saturated rings. The Bertz CT molecular complexity index is 643. The van der Waals surface area contributed by atoms with Crippen molar-refractivity contribution in [3.8, 4) is 0 Å². The Morgan fingerprint density at radius 2 is 2.15 bits per heavy atom. The molecule has 1 saturated carbocycles. The molecular weight excluding hydrogens is 254 g/mol. The maximum atomic E-state index is 11.9. The van der Waals surface area contributed by atoms with E-state index in [1.165, 1.54) is 12.8 Å². The zero-order valence-electron chi connectivity index (χ0n) is 11.1. The van der Waals surface area contributed by atoms with Crippen molar-refractivity contribution < 1.29 is 4.79 Å². The van der Waals surface area contributed by atoms with E-state index in [1.54, 1.807) is 18.5 Å². The lowest BCUT2D eigenvalue weighted by atomic mass is 10.2. The monoisotopic (exact) mass is 269 g/mol. The summed E-state index contributed by atoms with van der Waals surface area (Å²) < 4.78 is 0. The summed E-state index contributed by atoms with van der Waals surface area (Å²) in [5.41, 5.74) is 5.56. The molecule has 0 atom stereocenters. The zero-order chi connectivity index (χ0) is 13.9. The van der Waals surface area contributed by atoms with Crippen molar-refractivity contribution in [1.82, 2.24) is 20.6 Å². The van der Waals surface area contributed by atoms with Crippen LogP contribution in [0.4, 0.5) is 0 Å². The van der Waals surface area contributed by atoms with Crippen LogP contribution in [0.25, 0.3) is 0 Å². The van der Waals surface area contributed by atoms with Crippen molar-refractivity contribution >= 4 is 11.6 Å². The van der Waals surface area contributed by atoms with Crippen LogP contribution in [0, 0.1) is 0 Å². The van der Waals surface area contributed by atoms with E-state index >= 15 is 0 Å². The third-order valence-electron chi connectivity index (χ3n) is 3.27. The van der Waals surface area contributed by atoms with Crippen molar-refractivity contribution in [2.75, 3.05) is 0 Å². The molecule has 6 heteroatoms. The first-order valence-electron chi connectivity index (χ1n) is 6.54. The van der Waals surface area contributed by atoms with Crippen molar-refractivity contribution in [2.24, 2.45) is 5.10 Å². The zero-order valence-corrected chi connectivity index (χ0v) is 11.1. The first kappa shape index (κ1) is 12.5. The van der Waals surface area contributed by atoms with Crippen molar-refractivity contribution in [3.05, 3.63) is 47.5 Å². The summed E-state index contributed by atoms with van der Waals surface area (Å²) in [5.74, 6) is 0.243. The van der Waals surface area contributed by atoms with Crippen LogP contribution in [0.5, 0.6) is 0 Å². The Hall–Kier alpha value is -2.50. The highest BCUT2D eigenvalue weighted by Crippen LogP contribution is 2.38. The van der Waals surface area contributed by atoms with Crippen LogP contribution in [0.2, 0.25) is 0 Å². The number of nitrogens with one attached hydrogen (secondary N) is 2. The average molecular weight is 269 g/mol. The smallest absolute Gasteiger partial charge is 0.281 e. The summed E-state index contributed by atoms with van der Waals surface area (Å²) in [6.45, 7) is 1.83. The molecule has 0 bridgehead atoms. The normalized spacial score (nSPS) is 15.2. The molecule has 0 aromatic carbocycles. The molecule has 0 saturated heterocycles. The summed E-state index contributed by atoms with van der Waals surface area (Å²) in [5, 5.41) is 11.0. The van der Waals surface area contributed by atoms with E-state index in [9.17, 15) is 4.79 Å². The molecule has 102 valence electrons. The second-order valence-electron chi connectivity index (χ2n) is 4.86. The number of nitrogens with zero attached hydrogens (tertiary/aromatic N) is 3. The van der Waals surface area contributed by atoms with Gasteiger partial charge in [-0.05, 0) is 38.0 Å². The van der Waals surface area contributed by atoms with Crippen LogP contribution in [0.3, 0.4) is 0 Å². The summed E-state index contributed by atoms with van der Waals surface area (Å²) in [4.78, 5) is 15.9. The number of aromatic amines is 1. The van der Waals surface area contributed by atoms with Crippen LogP contribution in [0.1, 0.15) is 47.4 Å². The fraction of sp³-hybridized carbons (Fsp3) is 0.286. The van der Waals surface area contributed by atoms with Crippen LogP contribution in [0.15, 0.2) is 35.7 Å². The Labute approximate surface area is 116 Å². The second-order valence-corrected chi connectivity index (χ2v) is 4.86. The maximum absolute atomic E-state index is 11.9. The van der Waals surface area contributed by atoms with Gasteiger partial charge in [0.15, 0.2) is 5.69 Å². The number of hydrogen-bond donors (Lipinski definition) is 2. The molecule has 1 amide bonds. The minimum absolute atomic E-state index is 0.304. The summed E-state index contributed by atoms with van der Waals surface area (Å²) >= 11 is 0. The van der Waals surface area contributed by atoms with Gasteiger partial charge in [-0.25, -0.2) is 5.43 Å². The largest absolute Gasteiger partial charge is 0.291 e. The van der Waals surface area contributed by atoms with Gasteiger partial charge in [-0.2, -0.15) is 10.2 Å². The maximum Gasteiger partial charge on any atom is 0.291 e. The van der Waals surface area contributed by atoms with Crippen molar-refractivity contribution in [3.63, 3.8) is 0 Å². The number of carbonyl (C=O) groups excluding carboxylic acids is 1. The second kappa shape index (κ2) is 5.24. The minimum Gasteiger partial charge on any atom is -0.281 e. The number of hydrazone groups is 1. The lowest BCUT2D eigenvalue weighted by Gasteiger charge is -2.00. The number of hydrogen-bond acceptors (Lipinski definition) is 4. The lowest BCUT2D eigenvalue weighted by Crippen LogP contribution is -2.19. The predicted octanol–water partition coefficient (Wildman–Crippen LogP) is 1.84. The number of amides is 1. The molecular formula is C14H15N5O. The van der Waals surface area contributed by atoms with Crippen LogP contribution in [-0.4, -0.2) is 26.8 Å². The topological polar surface area (TPSA) is 83.0 Å². The van der Waals surface area contributed by atoms with E-state index in [0.29, 0.717) is 11.6 Å². The van der Waals surface area contributed by atoms with Crippen LogP contribution < -0.4 is 5.43 Å². The van der Waals surface area contributed by atoms with Gasteiger partial charge in [0, 0.05) is 29.6 Å². The number of carbonyl (C=O) groups is 1. The quantitative estimate of drug-likeness (QED) is 0.656. The van der Waals surface area contributed by atoms with Crippen molar-refractivity contribution in [1.29, 1.82) is 0 Å². The first-order valence-corrected chi connectivity index (χ1v) is 6.54. The van der Waals surface area contributed by atoms with Gasteiger partial charge in [-0.15, -0.1) is 0 Å². The van der Waals surface area contributed by atoms with E-state index in [-0.39, 0.29) is 5.91 Å². The fourth-order valence-corrected chi connectivity index (χ4v) is 1.91. The van der Waals surface area contributed by atoms with Gasteiger partial charge in [0.25, 0.3) is 5.91 Å². The van der Waals surface area contributed by atoms with Gasteiger partial charge in [0.2, 0.25) is 0 Å². The molecule has 6 nitrogen and oxygen atoms in total. The number of pyridine rings is 1. The average Bonchev–Trinajstić information content (AvgIpc) is 3.22. The Morgan fingerprint density at radius 3 is 2.85 bits per heavy atom. The number of rotatable bonds is 4. The molecule has 0 spiro atoms. The van der Waals surface area contributed by atoms with Gasteiger partial charge in [0.1, 0.15) is 0 Å². The van der Waals surface area contributed by atoms with E-state index in [2.05, 4.69) is 25.7 Å². The standard InChI is InChI=1S/C14H15N5O/c1-9(10-4-6-15-7-5-10)16-19-14(20)13-8-12(17-18-13)11-2-3-11/h4-8,11H,2-3H2,1H3,(H,17,18)(H,19,20)/b16-9-. The molecule has 0 unspecified atom stereocenters. The predicted molar refractivity (Wildman–Crippen MR) is 74.5 cm³/mol.